The Kier molecular flexibility index (Phi) is 3.06. The molecule has 0 radical (unpaired) electrons. The fourth-order valence-electron chi connectivity index (χ4n) is 2.09. The highest BCUT2D eigenvalue weighted by molar-refractivity contribution is 6.03. The van der Waals surface area contributed by atoms with Gasteiger partial charge >= 0.3 is 5.97 Å². The minimum atomic E-state index is -1.21. The van der Waals surface area contributed by atoms with Crippen molar-refractivity contribution in [2.45, 2.75) is 0 Å². The van der Waals surface area contributed by atoms with Crippen molar-refractivity contribution in [3.63, 3.8) is 0 Å². The molecule has 4 nitrogen and oxygen atoms in total. The molecule has 2 heterocycles. The van der Waals surface area contributed by atoms with E-state index >= 15 is 0 Å². The van der Waals surface area contributed by atoms with Crippen molar-refractivity contribution in [3.8, 4) is 11.3 Å². The van der Waals surface area contributed by atoms with Crippen LogP contribution in [0.15, 0.2) is 42.7 Å². The topological polar surface area (TPSA) is 63.1 Å². The lowest BCUT2D eigenvalue weighted by molar-refractivity contribution is 0.0699. The molecule has 3 rings (SSSR count). The molecule has 0 aliphatic carbocycles. The monoisotopic (exact) mass is 286 g/mol. The third-order valence-electron chi connectivity index (χ3n) is 3.02. The number of carboxylic acid groups (broad SMARTS) is 1. The zero-order valence-electron chi connectivity index (χ0n) is 10.5. The number of aromatic carboxylic acids is 1. The lowest BCUT2D eigenvalue weighted by atomic mass is 10.0. The molecule has 21 heavy (non-hydrogen) atoms. The summed E-state index contributed by atoms with van der Waals surface area (Å²) in [4.78, 5) is 19.1. The van der Waals surface area contributed by atoms with Crippen LogP contribution in [0.2, 0.25) is 0 Å². The van der Waals surface area contributed by atoms with Crippen molar-refractivity contribution >= 4 is 16.9 Å². The normalized spacial score (nSPS) is 10.8. The van der Waals surface area contributed by atoms with Crippen LogP contribution in [-0.2, 0) is 0 Å². The van der Waals surface area contributed by atoms with Crippen molar-refractivity contribution in [2.75, 3.05) is 0 Å². The van der Waals surface area contributed by atoms with Gasteiger partial charge in [-0.05, 0) is 18.2 Å². The van der Waals surface area contributed by atoms with Gasteiger partial charge in [0.2, 0.25) is 0 Å². The van der Waals surface area contributed by atoms with Gasteiger partial charge in [-0.1, -0.05) is 12.1 Å². The largest absolute Gasteiger partial charge is 0.478 e. The fraction of sp³-hybridized carbons (Fsp3) is 0. The van der Waals surface area contributed by atoms with E-state index in [1.165, 1.54) is 30.5 Å². The first-order chi connectivity index (χ1) is 10.1. The van der Waals surface area contributed by atoms with Crippen molar-refractivity contribution in [2.24, 2.45) is 0 Å². The van der Waals surface area contributed by atoms with Crippen molar-refractivity contribution in [3.05, 3.63) is 59.9 Å². The second kappa shape index (κ2) is 4.90. The Morgan fingerprint density at radius 2 is 1.95 bits per heavy atom. The lowest BCUT2D eigenvalue weighted by Crippen LogP contribution is -2.01. The van der Waals surface area contributed by atoms with E-state index < -0.39 is 17.6 Å². The summed E-state index contributed by atoms with van der Waals surface area (Å²) in [6, 6.07) is 6.51. The van der Waals surface area contributed by atoms with Crippen molar-refractivity contribution in [1.82, 2.24) is 9.97 Å². The highest BCUT2D eigenvalue weighted by atomic mass is 19.1. The Morgan fingerprint density at radius 1 is 1.14 bits per heavy atom. The molecule has 0 aliphatic heterocycles. The molecular weight excluding hydrogens is 278 g/mol. The summed E-state index contributed by atoms with van der Waals surface area (Å²) in [5.74, 6) is -2.43. The summed E-state index contributed by atoms with van der Waals surface area (Å²) >= 11 is 0. The quantitative estimate of drug-likeness (QED) is 0.785. The van der Waals surface area contributed by atoms with Crippen LogP contribution in [0.4, 0.5) is 8.78 Å². The summed E-state index contributed by atoms with van der Waals surface area (Å²) in [5, 5.41) is 9.45. The van der Waals surface area contributed by atoms with Gasteiger partial charge in [-0.25, -0.2) is 18.6 Å². The van der Waals surface area contributed by atoms with Crippen LogP contribution in [-0.4, -0.2) is 21.0 Å². The van der Waals surface area contributed by atoms with Crippen LogP contribution in [0, 0.1) is 11.6 Å². The maximum atomic E-state index is 13.9. The number of halogens is 2. The Labute approximate surface area is 117 Å². The third kappa shape index (κ3) is 2.31. The van der Waals surface area contributed by atoms with Crippen LogP contribution in [0.5, 0.6) is 0 Å². The molecule has 0 atom stereocenters. The molecule has 3 aromatic rings. The lowest BCUT2D eigenvalue weighted by Gasteiger charge is -2.07. The van der Waals surface area contributed by atoms with Crippen molar-refractivity contribution < 1.29 is 18.7 Å². The first-order valence-electron chi connectivity index (χ1n) is 6.00. The van der Waals surface area contributed by atoms with Gasteiger partial charge in [-0.2, -0.15) is 0 Å². The SMILES string of the molecule is O=C(O)c1cc(-c2cncc(F)c2)nc2c(F)cccc12. The van der Waals surface area contributed by atoms with Crippen LogP contribution in [0.1, 0.15) is 10.4 Å². The Balaban J connectivity index is 2.35. The standard InChI is InChI=1S/C15H8F2N2O2/c16-9-4-8(6-18-7-9)13-5-11(15(20)21)10-2-1-3-12(17)14(10)19-13/h1-7H,(H,20,21). The number of carbonyl (C=O) groups is 1. The van der Waals surface area contributed by atoms with E-state index in [1.54, 1.807) is 0 Å². The van der Waals surface area contributed by atoms with Crippen molar-refractivity contribution in [1.29, 1.82) is 0 Å². The highest BCUT2D eigenvalue weighted by Crippen LogP contribution is 2.26. The summed E-state index contributed by atoms with van der Waals surface area (Å²) < 4.78 is 27.1. The van der Waals surface area contributed by atoms with Gasteiger partial charge in [0.25, 0.3) is 0 Å². The van der Waals surface area contributed by atoms with E-state index in [4.69, 9.17) is 0 Å². The van der Waals surface area contributed by atoms with E-state index in [-0.39, 0.29) is 27.7 Å². The van der Waals surface area contributed by atoms with Gasteiger partial charge in [0.05, 0.1) is 17.5 Å². The second-order valence-corrected chi connectivity index (χ2v) is 4.39. The van der Waals surface area contributed by atoms with Crippen LogP contribution >= 0.6 is 0 Å². The van der Waals surface area contributed by atoms with Gasteiger partial charge in [0, 0.05) is 17.1 Å². The number of para-hydroxylation sites is 1. The maximum Gasteiger partial charge on any atom is 0.336 e. The zero-order valence-corrected chi connectivity index (χ0v) is 10.5. The fourth-order valence-corrected chi connectivity index (χ4v) is 2.09. The Bertz CT molecular complexity index is 865. The molecule has 0 unspecified atom stereocenters. The summed E-state index contributed by atoms with van der Waals surface area (Å²) in [7, 11) is 0. The molecule has 0 bridgehead atoms. The number of rotatable bonds is 2. The molecule has 0 fully saturated rings. The molecule has 1 N–H and O–H groups in total. The van der Waals surface area contributed by atoms with E-state index in [0.29, 0.717) is 0 Å². The average molecular weight is 286 g/mol. The number of carboxylic acids is 1. The summed E-state index contributed by atoms with van der Waals surface area (Å²) in [6.45, 7) is 0. The van der Waals surface area contributed by atoms with Crippen LogP contribution in [0.3, 0.4) is 0 Å². The molecule has 0 saturated carbocycles. The second-order valence-electron chi connectivity index (χ2n) is 4.39. The van der Waals surface area contributed by atoms with Gasteiger partial charge in [-0.3, -0.25) is 4.98 Å². The predicted octanol–water partition coefficient (Wildman–Crippen LogP) is 3.27. The molecule has 0 amide bonds. The summed E-state index contributed by atoms with van der Waals surface area (Å²) in [6.07, 6.45) is 2.35. The Hall–Kier alpha value is -2.89. The number of benzene rings is 1. The van der Waals surface area contributed by atoms with Gasteiger partial charge in [0.1, 0.15) is 17.2 Å². The predicted molar refractivity (Wildman–Crippen MR) is 71.8 cm³/mol. The van der Waals surface area contributed by atoms with Crippen LogP contribution < -0.4 is 0 Å². The maximum absolute atomic E-state index is 13.9. The van der Waals surface area contributed by atoms with Gasteiger partial charge in [-0.15, -0.1) is 0 Å². The van der Waals surface area contributed by atoms with E-state index in [2.05, 4.69) is 9.97 Å². The minimum absolute atomic E-state index is 0.0725. The summed E-state index contributed by atoms with van der Waals surface area (Å²) in [5.41, 5.74) is 0.259. The first kappa shape index (κ1) is 13.1. The minimum Gasteiger partial charge on any atom is -0.478 e. The smallest absolute Gasteiger partial charge is 0.336 e. The average Bonchev–Trinajstić information content (AvgIpc) is 2.46. The molecule has 104 valence electrons. The Morgan fingerprint density at radius 3 is 2.67 bits per heavy atom. The van der Waals surface area contributed by atoms with E-state index in [9.17, 15) is 18.7 Å². The number of hydrogen-bond donors (Lipinski definition) is 1. The molecule has 2 aromatic heterocycles. The van der Waals surface area contributed by atoms with E-state index in [0.717, 1.165) is 12.3 Å². The molecule has 0 spiro atoms. The van der Waals surface area contributed by atoms with Crippen LogP contribution in [0.25, 0.3) is 22.2 Å². The third-order valence-corrected chi connectivity index (χ3v) is 3.02. The molecular formula is C15H8F2N2O2. The van der Waals surface area contributed by atoms with Gasteiger partial charge < -0.3 is 5.11 Å². The number of nitrogens with zero attached hydrogens (tertiary/aromatic N) is 2. The molecule has 0 saturated heterocycles. The highest BCUT2D eigenvalue weighted by Gasteiger charge is 2.15. The first-order valence-corrected chi connectivity index (χ1v) is 6.00. The van der Waals surface area contributed by atoms with E-state index in [1.807, 2.05) is 0 Å². The molecule has 0 aliphatic rings. The molecule has 6 heteroatoms. The number of fused-ring (bicyclic) bond motifs is 1. The zero-order chi connectivity index (χ0) is 15.0. The molecule has 1 aromatic carbocycles. The number of pyridine rings is 2. The number of aromatic nitrogens is 2. The number of hydrogen-bond acceptors (Lipinski definition) is 3. The van der Waals surface area contributed by atoms with Gasteiger partial charge in [0.15, 0.2) is 0 Å².